The van der Waals surface area contributed by atoms with Gasteiger partial charge >= 0.3 is 0 Å². The SMILES string of the molecule is CC1(C)NC(=O)CN(Cc2ccc(F)cc2Cl)C1=O. The summed E-state index contributed by atoms with van der Waals surface area (Å²) in [7, 11) is 0. The molecule has 1 saturated heterocycles. The summed E-state index contributed by atoms with van der Waals surface area (Å²) in [5, 5.41) is 2.87. The van der Waals surface area contributed by atoms with Crippen molar-refractivity contribution in [2.45, 2.75) is 25.9 Å². The third kappa shape index (κ3) is 2.87. The van der Waals surface area contributed by atoms with Crippen LogP contribution in [0.25, 0.3) is 0 Å². The van der Waals surface area contributed by atoms with Crippen LogP contribution in [0.5, 0.6) is 0 Å². The standard InChI is InChI=1S/C13H14ClFN2O2/c1-13(2)12(19)17(7-11(18)16-13)6-8-3-4-9(15)5-10(8)14/h3-5H,6-7H2,1-2H3,(H,16,18). The van der Waals surface area contributed by atoms with E-state index in [9.17, 15) is 14.0 Å². The minimum absolute atomic E-state index is 0.0179. The molecule has 0 radical (unpaired) electrons. The number of piperazine rings is 1. The van der Waals surface area contributed by atoms with E-state index in [2.05, 4.69) is 5.32 Å². The van der Waals surface area contributed by atoms with Gasteiger partial charge in [-0.25, -0.2) is 4.39 Å². The Morgan fingerprint density at radius 2 is 2.11 bits per heavy atom. The third-order valence-electron chi connectivity index (χ3n) is 2.98. The zero-order chi connectivity index (χ0) is 14.2. The molecule has 0 bridgehead atoms. The van der Waals surface area contributed by atoms with Crippen LogP contribution >= 0.6 is 11.6 Å². The molecule has 1 aromatic carbocycles. The van der Waals surface area contributed by atoms with E-state index in [0.29, 0.717) is 5.56 Å². The Bertz CT molecular complexity index is 545. The van der Waals surface area contributed by atoms with Gasteiger partial charge in [-0.2, -0.15) is 0 Å². The summed E-state index contributed by atoms with van der Waals surface area (Å²) in [4.78, 5) is 25.1. The first-order valence-corrected chi connectivity index (χ1v) is 6.22. The zero-order valence-electron chi connectivity index (χ0n) is 10.7. The summed E-state index contributed by atoms with van der Waals surface area (Å²) in [6.07, 6.45) is 0. The fraction of sp³-hybridized carbons (Fsp3) is 0.385. The zero-order valence-corrected chi connectivity index (χ0v) is 11.4. The van der Waals surface area contributed by atoms with Gasteiger partial charge in [0.2, 0.25) is 11.8 Å². The number of hydrogen-bond acceptors (Lipinski definition) is 2. The molecule has 0 saturated carbocycles. The summed E-state index contributed by atoms with van der Waals surface area (Å²) >= 11 is 5.93. The van der Waals surface area contributed by atoms with Crippen LogP contribution in [0, 0.1) is 5.82 Å². The van der Waals surface area contributed by atoms with Crippen molar-refractivity contribution in [3.8, 4) is 0 Å². The molecule has 1 aromatic rings. The first kappa shape index (κ1) is 13.8. The predicted molar refractivity (Wildman–Crippen MR) is 69.0 cm³/mol. The van der Waals surface area contributed by atoms with Gasteiger partial charge in [0, 0.05) is 11.6 Å². The number of nitrogens with one attached hydrogen (secondary N) is 1. The van der Waals surface area contributed by atoms with Crippen LogP contribution in [0.3, 0.4) is 0 Å². The highest BCUT2D eigenvalue weighted by atomic mass is 35.5. The molecule has 2 rings (SSSR count). The summed E-state index contributed by atoms with van der Waals surface area (Å²) < 4.78 is 13.0. The summed E-state index contributed by atoms with van der Waals surface area (Å²) in [6, 6.07) is 3.99. The van der Waals surface area contributed by atoms with E-state index in [1.807, 2.05) is 0 Å². The lowest BCUT2D eigenvalue weighted by molar-refractivity contribution is -0.148. The fourth-order valence-electron chi connectivity index (χ4n) is 2.07. The van der Waals surface area contributed by atoms with Crippen molar-refractivity contribution in [3.05, 3.63) is 34.6 Å². The van der Waals surface area contributed by atoms with Crippen molar-refractivity contribution in [1.82, 2.24) is 10.2 Å². The number of carbonyl (C=O) groups excluding carboxylic acids is 2. The average Bonchev–Trinajstić information content (AvgIpc) is 2.28. The molecule has 1 aliphatic heterocycles. The van der Waals surface area contributed by atoms with E-state index in [1.54, 1.807) is 13.8 Å². The Morgan fingerprint density at radius 1 is 1.42 bits per heavy atom. The lowest BCUT2D eigenvalue weighted by Crippen LogP contribution is -2.63. The van der Waals surface area contributed by atoms with Crippen molar-refractivity contribution in [2.75, 3.05) is 6.54 Å². The Morgan fingerprint density at radius 3 is 2.74 bits per heavy atom. The lowest BCUT2D eigenvalue weighted by atomic mass is 10.00. The van der Waals surface area contributed by atoms with Crippen LogP contribution in [-0.4, -0.2) is 28.8 Å². The molecular weight excluding hydrogens is 271 g/mol. The number of halogens is 2. The Balaban J connectivity index is 2.22. The molecule has 19 heavy (non-hydrogen) atoms. The normalized spacial score (nSPS) is 18.4. The highest BCUT2D eigenvalue weighted by molar-refractivity contribution is 6.31. The summed E-state index contributed by atoms with van der Waals surface area (Å²) in [6.45, 7) is 3.46. The van der Waals surface area contributed by atoms with Gasteiger partial charge in [0.05, 0.1) is 6.54 Å². The second kappa shape index (κ2) is 4.81. The minimum atomic E-state index is -0.929. The molecule has 1 N–H and O–H groups in total. The number of carbonyl (C=O) groups is 2. The van der Waals surface area contributed by atoms with Crippen LogP contribution in [0.4, 0.5) is 4.39 Å². The van der Waals surface area contributed by atoms with Gasteiger partial charge in [-0.1, -0.05) is 17.7 Å². The predicted octanol–water partition coefficient (Wildman–Crippen LogP) is 1.72. The number of nitrogens with zero attached hydrogens (tertiary/aromatic N) is 1. The number of amides is 2. The lowest BCUT2D eigenvalue weighted by Gasteiger charge is -2.37. The number of benzene rings is 1. The van der Waals surface area contributed by atoms with E-state index in [-0.39, 0.29) is 29.9 Å². The summed E-state index contributed by atoms with van der Waals surface area (Å²) in [5.74, 6) is -0.841. The molecule has 102 valence electrons. The molecule has 0 spiro atoms. The maximum absolute atomic E-state index is 13.0. The van der Waals surface area contributed by atoms with Crippen LogP contribution in [-0.2, 0) is 16.1 Å². The first-order chi connectivity index (χ1) is 8.79. The molecular formula is C13H14ClFN2O2. The Labute approximate surface area is 115 Å². The van der Waals surface area contributed by atoms with Crippen LogP contribution in [0.1, 0.15) is 19.4 Å². The molecule has 1 fully saturated rings. The van der Waals surface area contributed by atoms with E-state index in [0.717, 1.165) is 0 Å². The minimum Gasteiger partial charge on any atom is -0.341 e. The molecule has 4 nitrogen and oxygen atoms in total. The van der Waals surface area contributed by atoms with Crippen LogP contribution < -0.4 is 5.32 Å². The van der Waals surface area contributed by atoms with Gasteiger partial charge in [0.1, 0.15) is 11.4 Å². The van der Waals surface area contributed by atoms with Crippen molar-refractivity contribution >= 4 is 23.4 Å². The average molecular weight is 285 g/mol. The Hall–Kier alpha value is -1.62. The van der Waals surface area contributed by atoms with Gasteiger partial charge in [-0.15, -0.1) is 0 Å². The molecule has 6 heteroatoms. The highest BCUT2D eigenvalue weighted by Crippen LogP contribution is 2.22. The van der Waals surface area contributed by atoms with Crippen molar-refractivity contribution in [2.24, 2.45) is 0 Å². The molecule has 0 atom stereocenters. The van der Waals surface area contributed by atoms with E-state index >= 15 is 0 Å². The second-order valence-corrected chi connectivity index (χ2v) is 5.48. The fourth-order valence-corrected chi connectivity index (χ4v) is 2.29. The maximum Gasteiger partial charge on any atom is 0.248 e. The molecule has 0 aromatic heterocycles. The van der Waals surface area contributed by atoms with Crippen LogP contribution in [0.15, 0.2) is 18.2 Å². The quantitative estimate of drug-likeness (QED) is 0.899. The monoisotopic (exact) mass is 284 g/mol. The molecule has 0 aliphatic carbocycles. The second-order valence-electron chi connectivity index (χ2n) is 5.07. The number of rotatable bonds is 2. The largest absolute Gasteiger partial charge is 0.341 e. The third-order valence-corrected chi connectivity index (χ3v) is 3.34. The first-order valence-electron chi connectivity index (χ1n) is 5.84. The van der Waals surface area contributed by atoms with Gasteiger partial charge in [0.25, 0.3) is 0 Å². The molecule has 2 amide bonds. The molecule has 0 unspecified atom stereocenters. The van der Waals surface area contributed by atoms with E-state index in [4.69, 9.17) is 11.6 Å². The van der Waals surface area contributed by atoms with E-state index in [1.165, 1.54) is 23.1 Å². The van der Waals surface area contributed by atoms with Gasteiger partial charge in [0.15, 0.2) is 0 Å². The van der Waals surface area contributed by atoms with Gasteiger partial charge < -0.3 is 10.2 Å². The van der Waals surface area contributed by atoms with Crippen molar-refractivity contribution in [3.63, 3.8) is 0 Å². The topological polar surface area (TPSA) is 49.4 Å². The highest BCUT2D eigenvalue weighted by Gasteiger charge is 2.39. The molecule has 1 aliphatic rings. The Kier molecular flexibility index (Phi) is 3.49. The van der Waals surface area contributed by atoms with Gasteiger partial charge in [-0.05, 0) is 31.5 Å². The van der Waals surface area contributed by atoms with Crippen molar-refractivity contribution in [1.29, 1.82) is 0 Å². The molecule has 1 heterocycles. The van der Waals surface area contributed by atoms with E-state index < -0.39 is 11.4 Å². The number of hydrogen-bond donors (Lipinski definition) is 1. The van der Waals surface area contributed by atoms with Crippen LogP contribution in [0.2, 0.25) is 5.02 Å². The maximum atomic E-state index is 13.0. The van der Waals surface area contributed by atoms with Gasteiger partial charge in [-0.3, -0.25) is 9.59 Å². The smallest absolute Gasteiger partial charge is 0.248 e. The summed E-state index contributed by atoms with van der Waals surface area (Å²) in [5.41, 5.74) is -0.316. The van der Waals surface area contributed by atoms with Crippen molar-refractivity contribution < 1.29 is 14.0 Å².